The van der Waals surface area contributed by atoms with Crippen molar-refractivity contribution in [3.63, 3.8) is 0 Å². The average molecular weight is 405 g/mol. The normalized spacial score (nSPS) is 20.8. The summed E-state index contributed by atoms with van der Waals surface area (Å²) >= 11 is 0. The Morgan fingerprint density at radius 3 is 2.67 bits per heavy atom. The van der Waals surface area contributed by atoms with E-state index < -0.39 is 5.41 Å². The molecule has 30 heavy (non-hydrogen) atoms. The molecule has 0 bridgehead atoms. The number of hydrogen-bond donors (Lipinski definition) is 0. The van der Waals surface area contributed by atoms with Gasteiger partial charge in [0.1, 0.15) is 17.8 Å². The Kier molecular flexibility index (Phi) is 3.45. The summed E-state index contributed by atoms with van der Waals surface area (Å²) in [5, 5.41) is 4.07. The van der Waals surface area contributed by atoms with E-state index in [0.717, 1.165) is 16.8 Å². The van der Waals surface area contributed by atoms with Crippen molar-refractivity contribution in [2.75, 3.05) is 18.3 Å². The summed E-state index contributed by atoms with van der Waals surface area (Å²) < 4.78 is 22.3. The lowest BCUT2D eigenvalue weighted by atomic mass is 9.77. The summed E-state index contributed by atoms with van der Waals surface area (Å²) in [6.07, 6.45) is 0. The number of para-hydroxylation sites is 1. The molecule has 1 spiro atoms. The highest BCUT2D eigenvalue weighted by atomic mass is 16.7. The van der Waals surface area contributed by atoms with Crippen LogP contribution in [0.3, 0.4) is 0 Å². The van der Waals surface area contributed by atoms with Crippen LogP contribution in [0, 0.1) is 0 Å². The van der Waals surface area contributed by atoms with E-state index >= 15 is 0 Å². The fraction of sp³-hybridized carbons (Fsp3) is 0.318. The van der Waals surface area contributed by atoms with E-state index in [4.69, 9.17) is 18.7 Å². The molecule has 1 amide bonds. The number of fused-ring (bicyclic) bond motifs is 5. The van der Waals surface area contributed by atoms with Gasteiger partial charge in [-0.1, -0.05) is 37.2 Å². The van der Waals surface area contributed by atoms with Crippen molar-refractivity contribution in [2.45, 2.75) is 31.7 Å². The van der Waals surface area contributed by atoms with E-state index in [9.17, 15) is 4.79 Å². The predicted molar refractivity (Wildman–Crippen MR) is 105 cm³/mol. The number of nitrogens with zero attached hydrogens (tertiary/aromatic N) is 3. The molecule has 0 saturated heterocycles. The fourth-order valence-corrected chi connectivity index (χ4v) is 4.43. The van der Waals surface area contributed by atoms with Gasteiger partial charge in [-0.3, -0.25) is 4.79 Å². The van der Waals surface area contributed by atoms with Crippen LogP contribution in [0.1, 0.15) is 42.6 Å². The second kappa shape index (κ2) is 5.98. The summed E-state index contributed by atoms with van der Waals surface area (Å²) in [7, 11) is 0. The standard InChI is InChI=1S/C22H19N3O5/c1-12(2)20-23-19(24-30-20)9-25-15-6-4-3-5-13(15)22(21(25)26)10-27-16-8-18-17(7-14(16)22)28-11-29-18/h3-8,12H,9-11H2,1-2H3. The maximum absolute atomic E-state index is 13.9. The van der Waals surface area contributed by atoms with Crippen LogP contribution in [-0.4, -0.2) is 29.4 Å². The van der Waals surface area contributed by atoms with Gasteiger partial charge in [-0.25, -0.2) is 0 Å². The molecule has 0 N–H and O–H groups in total. The van der Waals surface area contributed by atoms with E-state index in [2.05, 4.69) is 10.1 Å². The number of amides is 1. The van der Waals surface area contributed by atoms with Crippen LogP contribution in [0.4, 0.5) is 5.69 Å². The molecule has 3 aromatic rings. The molecule has 1 aromatic heterocycles. The summed E-state index contributed by atoms with van der Waals surface area (Å²) in [6, 6.07) is 11.5. The lowest BCUT2D eigenvalue weighted by Gasteiger charge is -2.22. The molecule has 152 valence electrons. The van der Waals surface area contributed by atoms with Crippen molar-refractivity contribution in [1.29, 1.82) is 0 Å². The summed E-state index contributed by atoms with van der Waals surface area (Å²) in [5.41, 5.74) is 1.59. The summed E-state index contributed by atoms with van der Waals surface area (Å²) in [4.78, 5) is 20.0. The molecule has 8 nitrogen and oxygen atoms in total. The van der Waals surface area contributed by atoms with Crippen molar-refractivity contribution < 1.29 is 23.5 Å². The van der Waals surface area contributed by atoms with E-state index in [0.29, 0.717) is 29.0 Å². The van der Waals surface area contributed by atoms with Gasteiger partial charge >= 0.3 is 0 Å². The number of rotatable bonds is 3. The summed E-state index contributed by atoms with van der Waals surface area (Å²) in [6.45, 7) is 4.59. The van der Waals surface area contributed by atoms with Gasteiger partial charge in [-0.05, 0) is 17.7 Å². The van der Waals surface area contributed by atoms with E-state index in [1.165, 1.54) is 0 Å². The molecule has 6 rings (SSSR count). The zero-order chi connectivity index (χ0) is 20.5. The van der Waals surface area contributed by atoms with Gasteiger partial charge in [0.2, 0.25) is 18.6 Å². The van der Waals surface area contributed by atoms with Crippen LogP contribution >= 0.6 is 0 Å². The zero-order valence-corrected chi connectivity index (χ0v) is 16.5. The maximum Gasteiger partial charge on any atom is 0.246 e. The lowest BCUT2D eigenvalue weighted by molar-refractivity contribution is -0.122. The molecular formula is C22H19N3O5. The van der Waals surface area contributed by atoms with Crippen LogP contribution in [0.5, 0.6) is 17.2 Å². The monoisotopic (exact) mass is 405 g/mol. The largest absolute Gasteiger partial charge is 0.491 e. The third kappa shape index (κ3) is 2.18. The van der Waals surface area contributed by atoms with Crippen LogP contribution in [0.15, 0.2) is 40.9 Å². The fourth-order valence-electron chi connectivity index (χ4n) is 4.43. The smallest absolute Gasteiger partial charge is 0.246 e. The van der Waals surface area contributed by atoms with Gasteiger partial charge in [0.05, 0.1) is 6.54 Å². The molecule has 0 aliphatic carbocycles. The Labute approximate surface area is 172 Å². The highest BCUT2D eigenvalue weighted by Crippen LogP contribution is 2.55. The molecule has 3 aliphatic rings. The highest BCUT2D eigenvalue weighted by Gasteiger charge is 2.57. The molecular weight excluding hydrogens is 386 g/mol. The van der Waals surface area contributed by atoms with Gasteiger partial charge < -0.3 is 23.6 Å². The van der Waals surface area contributed by atoms with Crippen molar-refractivity contribution in [2.24, 2.45) is 0 Å². The Balaban J connectivity index is 1.46. The number of hydrogen-bond acceptors (Lipinski definition) is 7. The van der Waals surface area contributed by atoms with Crippen LogP contribution in [-0.2, 0) is 16.8 Å². The zero-order valence-electron chi connectivity index (χ0n) is 16.5. The average Bonchev–Trinajstić information content (AvgIpc) is 3.51. The quantitative estimate of drug-likeness (QED) is 0.662. The van der Waals surface area contributed by atoms with E-state index in [1.807, 2.05) is 44.2 Å². The number of carbonyl (C=O) groups is 1. The van der Waals surface area contributed by atoms with Crippen molar-refractivity contribution in [1.82, 2.24) is 10.1 Å². The molecule has 1 unspecified atom stereocenters. The third-order valence-electron chi connectivity index (χ3n) is 5.92. The van der Waals surface area contributed by atoms with Gasteiger partial charge in [0, 0.05) is 23.2 Å². The van der Waals surface area contributed by atoms with Gasteiger partial charge in [0.15, 0.2) is 17.3 Å². The first-order chi connectivity index (χ1) is 14.6. The minimum atomic E-state index is -0.933. The maximum atomic E-state index is 13.9. The number of aromatic nitrogens is 2. The Morgan fingerprint density at radius 2 is 1.87 bits per heavy atom. The number of benzene rings is 2. The topological polar surface area (TPSA) is 86.9 Å². The lowest BCUT2D eigenvalue weighted by Crippen LogP contribution is -2.42. The first-order valence-corrected chi connectivity index (χ1v) is 9.89. The van der Waals surface area contributed by atoms with Crippen molar-refractivity contribution >= 4 is 11.6 Å². The summed E-state index contributed by atoms with van der Waals surface area (Å²) in [5.74, 6) is 2.99. The number of anilines is 1. The SMILES string of the molecule is CC(C)c1nc(CN2C(=O)C3(COc4cc5c(cc43)OCO5)c3ccccc32)no1. The van der Waals surface area contributed by atoms with E-state index in [1.54, 1.807) is 11.0 Å². The first kappa shape index (κ1) is 17.3. The van der Waals surface area contributed by atoms with Crippen molar-refractivity contribution in [3.8, 4) is 17.2 Å². The Bertz CT molecular complexity index is 1190. The second-order valence-electron chi connectivity index (χ2n) is 8.01. The minimum absolute atomic E-state index is 0.0720. The molecule has 2 aromatic carbocycles. The second-order valence-corrected chi connectivity index (χ2v) is 8.01. The van der Waals surface area contributed by atoms with Crippen molar-refractivity contribution in [3.05, 3.63) is 59.2 Å². The molecule has 3 aliphatic heterocycles. The predicted octanol–water partition coefficient (Wildman–Crippen LogP) is 3.15. The Morgan fingerprint density at radius 1 is 1.07 bits per heavy atom. The molecule has 0 radical (unpaired) electrons. The Hall–Kier alpha value is -3.55. The first-order valence-electron chi connectivity index (χ1n) is 9.89. The minimum Gasteiger partial charge on any atom is -0.491 e. The molecule has 4 heterocycles. The van der Waals surface area contributed by atoms with Crippen LogP contribution in [0.2, 0.25) is 0 Å². The number of carbonyl (C=O) groups excluding carboxylic acids is 1. The third-order valence-corrected chi connectivity index (χ3v) is 5.92. The van der Waals surface area contributed by atoms with E-state index in [-0.39, 0.29) is 31.8 Å². The number of ether oxygens (including phenoxy) is 3. The molecule has 0 saturated carbocycles. The molecule has 8 heteroatoms. The van der Waals surface area contributed by atoms with Gasteiger partial charge in [-0.2, -0.15) is 4.98 Å². The van der Waals surface area contributed by atoms with Gasteiger partial charge in [-0.15, -0.1) is 0 Å². The highest BCUT2D eigenvalue weighted by molar-refractivity contribution is 6.11. The molecule has 1 atom stereocenters. The van der Waals surface area contributed by atoms with Crippen LogP contribution < -0.4 is 19.1 Å². The van der Waals surface area contributed by atoms with Crippen LogP contribution in [0.25, 0.3) is 0 Å². The van der Waals surface area contributed by atoms with Gasteiger partial charge in [0.25, 0.3) is 0 Å². The molecule has 0 fully saturated rings.